The Morgan fingerprint density at radius 3 is 1.29 bits per heavy atom. The molecule has 13 heteroatoms. The maximum absolute atomic E-state index is 10.7. The fourth-order valence-corrected chi connectivity index (χ4v) is 5.78. The first-order chi connectivity index (χ1) is 19.7. The molecular formula is C29H36F6N4O2P-. The molecule has 5 rings (SSSR count). The molecule has 0 aromatic heterocycles. The van der Waals surface area contributed by atoms with Gasteiger partial charge in [0, 0.05) is 58.4 Å². The summed E-state index contributed by atoms with van der Waals surface area (Å²) in [6, 6.07) is 19.6. The van der Waals surface area contributed by atoms with E-state index in [0.717, 1.165) is 50.5 Å². The Balaban J connectivity index is 0.000000517. The van der Waals surface area contributed by atoms with Crippen molar-refractivity contribution in [1.29, 1.82) is 0 Å². The molecule has 0 bridgehead atoms. The van der Waals surface area contributed by atoms with Crippen molar-refractivity contribution in [2.45, 2.75) is 18.8 Å². The van der Waals surface area contributed by atoms with Crippen molar-refractivity contribution in [3.05, 3.63) is 71.3 Å². The van der Waals surface area contributed by atoms with Crippen LogP contribution in [-0.2, 0) is 0 Å². The molecule has 3 aromatic carbocycles. The summed E-state index contributed by atoms with van der Waals surface area (Å²) in [6.07, 6.45) is 2.10. The molecule has 0 amide bonds. The number of ether oxygens (including phenoxy) is 2. The fraction of sp³-hybridized carbons (Fsp3) is 0.379. The van der Waals surface area contributed by atoms with Crippen LogP contribution in [0.5, 0.6) is 11.5 Å². The van der Waals surface area contributed by atoms with Crippen LogP contribution in [0.4, 0.5) is 47.9 Å². The molecule has 0 saturated heterocycles. The Morgan fingerprint density at radius 1 is 0.619 bits per heavy atom. The molecule has 6 nitrogen and oxygen atoms in total. The molecule has 0 unspecified atom stereocenters. The van der Waals surface area contributed by atoms with Gasteiger partial charge in [-0.2, -0.15) is 0 Å². The van der Waals surface area contributed by atoms with Crippen molar-refractivity contribution in [1.82, 2.24) is 10.6 Å². The number of hydrogen-bond acceptors (Lipinski definition) is 6. The van der Waals surface area contributed by atoms with E-state index in [9.17, 15) is 25.2 Å². The van der Waals surface area contributed by atoms with E-state index >= 15 is 0 Å². The van der Waals surface area contributed by atoms with Gasteiger partial charge in [-0.05, 0) is 76.4 Å². The maximum atomic E-state index is 9.87. The van der Waals surface area contributed by atoms with E-state index in [0.29, 0.717) is 0 Å². The third kappa shape index (κ3) is 7.22. The molecule has 0 fully saturated rings. The van der Waals surface area contributed by atoms with E-state index in [2.05, 4.69) is 75.0 Å². The second-order valence-corrected chi connectivity index (χ2v) is 12.0. The molecule has 2 aliphatic heterocycles. The normalized spacial score (nSPS) is 15.4. The van der Waals surface area contributed by atoms with E-state index in [1.54, 1.807) is 14.2 Å². The molecule has 0 spiro atoms. The predicted molar refractivity (Wildman–Crippen MR) is 158 cm³/mol. The summed E-state index contributed by atoms with van der Waals surface area (Å²) in [5, 5.41) is 6.60. The third-order valence-electron chi connectivity index (χ3n) is 7.23. The molecule has 42 heavy (non-hydrogen) atoms. The van der Waals surface area contributed by atoms with Crippen LogP contribution in [0, 0.1) is 0 Å². The number of fused-ring (bicyclic) bond motifs is 4. The van der Waals surface area contributed by atoms with Gasteiger partial charge in [-0.25, -0.2) is 0 Å². The third-order valence-corrected chi connectivity index (χ3v) is 7.23. The Labute approximate surface area is 241 Å². The van der Waals surface area contributed by atoms with Gasteiger partial charge in [-0.1, -0.05) is 18.2 Å². The van der Waals surface area contributed by atoms with Crippen molar-refractivity contribution < 1.29 is 34.7 Å². The zero-order valence-corrected chi connectivity index (χ0v) is 24.8. The van der Waals surface area contributed by atoms with Crippen LogP contribution in [-0.4, -0.2) is 54.5 Å². The number of anilines is 4. The second-order valence-electron chi connectivity index (χ2n) is 10.1. The van der Waals surface area contributed by atoms with E-state index in [1.807, 2.05) is 14.1 Å². The number of benzene rings is 3. The van der Waals surface area contributed by atoms with Gasteiger partial charge in [0.15, 0.2) is 0 Å². The van der Waals surface area contributed by atoms with Gasteiger partial charge in [0.2, 0.25) is 0 Å². The summed E-state index contributed by atoms with van der Waals surface area (Å²) in [7, 11) is -3.08. The van der Waals surface area contributed by atoms with Crippen molar-refractivity contribution in [2.75, 3.05) is 64.3 Å². The molecule has 0 aliphatic carbocycles. The molecule has 232 valence electrons. The van der Waals surface area contributed by atoms with Crippen LogP contribution in [0.1, 0.15) is 35.4 Å². The Hall–Kier alpha value is -3.21. The SMILES string of the molecule is CNCCCN1c2cccc(OC)c2C2c3c(OC)cccc3N(CCCNC)c3cccc1c32.F[P-](F)(F)(F)(F)F. The molecule has 0 saturated carbocycles. The molecule has 0 radical (unpaired) electrons. The first kappa shape index (κ1) is 31.7. The summed E-state index contributed by atoms with van der Waals surface area (Å²) in [5.41, 5.74) is 8.78. The van der Waals surface area contributed by atoms with Crippen molar-refractivity contribution in [3.63, 3.8) is 0 Å². The predicted octanol–water partition coefficient (Wildman–Crippen LogP) is 8.39. The van der Waals surface area contributed by atoms with Crippen molar-refractivity contribution >= 4 is 30.6 Å². The molecule has 0 atom stereocenters. The van der Waals surface area contributed by atoms with Crippen LogP contribution in [0.15, 0.2) is 54.6 Å². The Morgan fingerprint density at radius 2 is 0.952 bits per heavy atom. The summed E-state index contributed by atoms with van der Waals surface area (Å²) in [4.78, 5) is 4.97. The monoisotopic (exact) mass is 617 g/mol. The molecular weight excluding hydrogens is 581 g/mol. The summed E-state index contributed by atoms with van der Waals surface area (Å²) >= 11 is 0. The molecule has 2 aliphatic rings. The summed E-state index contributed by atoms with van der Waals surface area (Å²) < 4.78 is 71.2. The average Bonchev–Trinajstić information content (AvgIpc) is 2.93. The van der Waals surface area contributed by atoms with E-state index < -0.39 is 7.81 Å². The van der Waals surface area contributed by atoms with Gasteiger partial charge in [0.05, 0.1) is 14.2 Å². The zero-order chi connectivity index (χ0) is 30.8. The van der Waals surface area contributed by atoms with E-state index in [1.165, 1.54) is 39.4 Å². The first-order valence-corrected chi connectivity index (χ1v) is 15.6. The summed E-state index contributed by atoms with van der Waals surface area (Å²) in [5.74, 6) is 1.89. The topological polar surface area (TPSA) is 49.0 Å². The van der Waals surface area contributed by atoms with Gasteiger partial charge in [-0.15, -0.1) is 0 Å². The van der Waals surface area contributed by atoms with E-state index in [4.69, 9.17) is 9.47 Å². The molecule has 2 heterocycles. The first-order valence-electron chi connectivity index (χ1n) is 13.6. The molecule has 3 aromatic rings. The summed E-state index contributed by atoms with van der Waals surface area (Å²) in [6.45, 7) is 3.81. The standard InChI is InChI=1S/C29H36N4O2.F6P/c1-30-16-8-18-32-20-10-5-11-21-26(20)29(27-22(32)12-6-14-24(27)34-3)28-23(13-7-15-25(28)35-4)33(21)19-9-17-31-2;1-7(2,3,4,5)6/h5-7,10-15,29-31H,8-9,16-19H2,1-4H3;/q;-1. The number of methoxy groups -OCH3 is 2. The Kier molecular flexibility index (Phi) is 8.66. The number of nitrogens with one attached hydrogen (secondary N) is 2. The van der Waals surface area contributed by atoms with Crippen LogP contribution < -0.4 is 29.9 Å². The number of nitrogens with zero attached hydrogens (tertiary/aromatic N) is 2. The number of rotatable bonds is 10. The quantitative estimate of drug-likeness (QED) is 0.135. The average molecular weight is 618 g/mol. The van der Waals surface area contributed by atoms with Crippen molar-refractivity contribution in [3.8, 4) is 11.5 Å². The van der Waals surface area contributed by atoms with Crippen LogP contribution in [0.3, 0.4) is 0 Å². The van der Waals surface area contributed by atoms with Crippen LogP contribution in [0.25, 0.3) is 0 Å². The van der Waals surface area contributed by atoms with Crippen LogP contribution in [0.2, 0.25) is 0 Å². The van der Waals surface area contributed by atoms with Gasteiger partial charge < -0.3 is 29.9 Å². The van der Waals surface area contributed by atoms with Gasteiger partial charge in [0.25, 0.3) is 0 Å². The zero-order valence-electron chi connectivity index (χ0n) is 23.9. The number of halogens is 6. The minimum atomic E-state index is -10.7. The van der Waals surface area contributed by atoms with Gasteiger partial charge >= 0.3 is 33.0 Å². The second kappa shape index (κ2) is 11.5. The minimum absolute atomic E-state index is 0.0413. The molecule has 2 N–H and O–H groups in total. The van der Waals surface area contributed by atoms with Crippen molar-refractivity contribution in [2.24, 2.45) is 0 Å². The van der Waals surface area contributed by atoms with Crippen LogP contribution >= 0.6 is 7.81 Å². The van der Waals surface area contributed by atoms with Gasteiger partial charge in [-0.3, -0.25) is 0 Å². The fourth-order valence-electron chi connectivity index (χ4n) is 5.78. The number of hydrogen-bond donors (Lipinski definition) is 2. The van der Waals surface area contributed by atoms with E-state index in [-0.39, 0.29) is 5.92 Å². The Bertz CT molecular complexity index is 1320. The van der Waals surface area contributed by atoms with Gasteiger partial charge in [0.1, 0.15) is 11.5 Å².